The van der Waals surface area contributed by atoms with Crippen molar-refractivity contribution < 1.29 is 40.8 Å². The summed E-state index contributed by atoms with van der Waals surface area (Å²) in [5.41, 5.74) is 4.04. The fourth-order valence-corrected chi connectivity index (χ4v) is 3.44. The van der Waals surface area contributed by atoms with E-state index in [1.165, 1.54) is 32.4 Å². The number of methoxy groups -OCH3 is 2. The van der Waals surface area contributed by atoms with Crippen molar-refractivity contribution in [2.24, 2.45) is 5.73 Å². The lowest BCUT2D eigenvalue weighted by Gasteiger charge is -2.14. The van der Waals surface area contributed by atoms with Gasteiger partial charge >= 0.3 is 0 Å². The largest absolute Gasteiger partial charge is 0.611 e. The van der Waals surface area contributed by atoms with Crippen LogP contribution >= 0.6 is 0 Å². The molecule has 2 rings (SSSR count). The van der Waals surface area contributed by atoms with Crippen LogP contribution in [0.15, 0.2) is 23.1 Å². The van der Waals surface area contributed by atoms with Gasteiger partial charge in [-0.05, 0) is 23.3 Å². The Morgan fingerprint density at radius 1 is 1.00 bits per heavy atom. The lowest BCUT2D eigenvalue weighted by atomic mass is 10.1. The van der Waals surface area contributed by atoms with Gasteiger partial charge in [0.2, 0.25) is 10.7 Å². The number of amides is 1. The fourth-order valence-electron chi connectivity index (χ4n) is 2.33. The minimum atomic E-state index is -2.36. The van der Waals surface area contributed by atoms with Crippen LogP contribution in [0.2, 0.25) is 0 Å². The SMILES string of the molecule is COc1ccc(C[S+]([O-])/C(=C/c2c(F)c(F)c(F)c(F)c2F)C(N)=O)cc1OC. The number of ether oxygens (including phenoxy) is 2. The average Bonchev–Trinajstić information content (AvgIpc) is 2.70. The molecule has 1 atom stereocenters. The molecule has 2 aromatic rings. The van der Waals surface area contributed by atoms with E-state index in [1.807, 2.05) is 0 Å². The van der Waals surface area contributed by atoms with Gasteiger partial charge in [-0.3, -0.25) is 4.79 Å². The molecule has 0 spiro atoms. The van der Waals surface area contributed by atoms with Gasteiger partial charge < -0.3 is 19.8 Å². The third-order valence-corrected chi connectivity index (χ3v) is 5.16. The van der Waals surface area contributed by atoms with Crippen LogP contribution < -0.4 is 15.2 Å². The van der Waals surface area contributed by atoms with Crippen molar-refractivity contribution in [2.45, 2.75) is 5.75 Å². The Kier molecular flexibility index (Phi) is 7.09. The van der Waals surface area contributed by atoms with Gasteiger partial charge in [-0.2, -0.15) is 0 Å². The fraction of sp³-hybridized carbons (Fsp3) is 0.167. The first kappa shape index (κ1) is 22.5. The minimum absolute atomic E-state index is 0.284. The maximum atomic E-state index is 13.9. The molecular formula is C18H14F5NO4S. The Hall–Kier alpha value is -2.79. The van der Waals surface area contributed by atoms with E-state index in [4.69, 9.17) is 15.2 Å². The average molecular weight is 435 g/mol. The molecule has 0 saturated heterocycles. The summed E-state index contributed by atoms with van der Waals surface area (Å²) in [7, 11) is 2.75. The highest BCUT2D eigenvalue weighted by Crippen LogP contribution is 2.30. The van der Waals surface area contributed by atoms with Crippen molar-refractivity contribution in [3.63, 3.8) is 0 Å². The van der Waals surface area contributed by atoms with E-state index in [2.05, 4.69) is 0 Å². The Morgan fingerprint density at radius 2 is 1.52 bits per heavy atom. The van der Waals surface area contributed by atoms with Crippen molar-refractivity contribution in [2.75, 3.05) is 14.2 Å². The van der Waals surface area contributed by atoms with E-state index >= 15 is 0 Å². The van der Waals surface area contributed by atoms with Crippen LogP contribution in [0, 0.1) is 29.1 Å². The van der Waals surface area contributed by atoms with Crippen molar-refractivity contribution in [1.82, 2.24) is 0 Å². The van der Waals surface area contributed by atoms with Gasteiger partial charge in [-0.25, -0.2) is 22.0 Å². The Balaban J connectivity index is 2.46. The molecule has 0 radical (unpaired) electrons. The highest BCUT2D eigenvalue weighted by Gasteiger charge is 2.28. The maximum Gasteiger partial charge on any atom is 0.296 e. The van der Waals surface area contributed by atoms with E-state index in [0.717, 1.165) is 0 Å². The Morgan fingerprint density at radius 3 is 2.00 bits per heavy atom. The Bertz CT molecular complexity index is 954. The summed E-state index contributed by atoms with van der Waals surface area (Å²) in [4.78, 5) is 10.8. The van der Waals surface area contributed by atoms with Crippen LogP contribution in [0.5, 0.6) is 11.5 Å². The molecule has 1 amide bonds. The second-order valence-electron chi connectivity index (χ2n) is 5.54. The molecule has 5 nitrogen and oxygen atoms in total. The summed E-state index contributed by atoms with van der Waals surface area (Å²) in [6.07, 6.45) is 0.287. The van der Waals surface area contributed by atoms with Gasteiger partial charge in [0.25, 0.3) is 5.91 Å². The van der Waals surface area contributed by atoms with Gasteiger partial charge in [0.15, 0.2) is 34.8 Å². The summed E-state index contributed by atoms with van der Waals surface area (Å²) >= 11 is -2.28. The molecule has 1 unspecified atom stereocenters. The second kappa shape index (κ2) is 9.14. The summed E-state index contributed by atoms with van der Waals surface area (Å²) in [5, 5.41) is 0. The lowest BCUT2D eigenvalue weighted by molar-refractivity contribution is -0.113. The number of rotatable bonds is 7. The molecule has 0 aliphatic heterocycles. The van der Waals surface area contributed by atoms with Gasteiger partial charge in [-0.15, -0.1) is 0 Å². The minimum Gasteiger partial charge on any atom is -0.611 e. The molecule has 0 heterocycles. The number of carbonyl (C=O) groups is 1. The normalized spacial score (nSPS) is 12.6. The van der Waals surface area contributed by atoms with Crippen molar-refractivity contribution in [3.8, 4) is 11.5 Å². The quantitative estimate of drug-likeness (QED) is 0.238. The molecule has 2 aromatic carbocycles. The zero-order valence-corrected chi connectivity index (χ0v) is 15.8. The second-order valence-corrected chi connectivity index (χ2v) is 6.96. The van der Waals surface area contributed by atoms with Gasteiger partial charge in [0.1, 0.15) is 5.75 Å². The van der Waals surface area contributed by atoms with E-state index in [0.29, 0.717) is 11.3 Å². The molecule has 156 valence electrons. The molecule has 0 aromatic heterocycles. The standard InChI is InChI=1S/C18H14F5NO4S/c1-27-10-4-3-8(5-11(10)28-2)7-29(26)12(18(24)25)6-9-13(19)15(21)17(23)16(22)14(9)20/h3-6H,7H2,1-2H3,(H2,24,25)/b12-6+. The van der Waals surface area contributed by atoms with E-state index < -0.39 is 56.6 Å². The predicted octanol–water partition coefficient (Wildman–Crippen LogP) is 3.17. The van der Waals surface area contributed by atoms with Crippen LogP contribution in [-0.2, 0) is 21.7 Å². The van der Waals surface area contributed by atoms with Gasteiger partial charge in [-0.1, -0.05) is 6.07 Å². The maximum absolute atomic E-state index is 13.9. The molecule has 0 saturated carbocycles. The van der Waals surface area contributed by atoms with Crippen molar-refractivity contribution >= 4 is 23.2 Å². The molecule has 11 heteroatoms. The van der Waals surface area contributed by atoms with Crippen LogP contribution in [0.4, 0.5) is 22.0 Å². The zero-order chi connectivity index (χ0) is 21.9. The number of carbonyl (C=O) groups excluding carboxylic acids is 1. The van der Waals surface area contributed by atoms with Crippen LogP contribution in [0.25, 0.3) is 6.08 Å². The van der Waals surface area contributed by atoms with Crippen molar-refractivity contribution in [1.29, 1.82) is 0 Å². The molecule has 0 fully saturated rings. The predicted molar refractivity (Wildman–Crippen MR) is 94.8 cm³/mol. The summed E-state index contributed by atoms with van der Waals surface area (Å²) in [6.45, 7) is 0. The van der Waals surface area contributed by atoms with E-state index in [-0.39, 0.29) is 17.6 Å². The number of nitrogens with two attached hydrogens (primary N) is 1. The highest BCUT2D eigenvalue weighted by molar-refractivity contribution is 7.95. The molecule has 29 heavy (non-hydrogen) atoms. The third kappa shape index (κ3) is 4.62. The van der Waals surface area contributed by atoms with E-state index in [9.17, 15) is 31.3 Å². The molecule has 0 bridgehead atoms. The Labute approximate surface area is 165 Å². The first-order chi connectivity index (χ1) is 13.6. The van der Waals surface area contributed by atoms with Gasteiger partial charge in [0, 0.05) is 11.6 Å². The monoisotopic (exact) mass is 435 g/mol. The first-order valence-corrected chi connectivity index (χ1v) is 9.06. The van der Waals surface area contributed by atoms with Gasteiger partial charge in [0.05, 0.1) is 19.8 Å². The number of primary amides is 1. The zero-order valence-electron chi connectivity index (χ0n) is 15.0. The van der Waals surface area contributed by atoms with Crippen LogP contribution in [-0.4, -0.2) is 24.7 Å². The molecule has 2 N–H and O–H groups in total. The van der Waals surface area contributed by atoms with Crippen LogP contribution in [0.1, 0.15) is 11.1 Å². The van der Waals surface area contributed by atoms with Crippen LogP contribution in [0.3, 0.4) is 0 Å². The topological polar surface area (TPSA) is 84.6 Å². The molecular weight excluding hydrogens is 421 g/mol. The summed E-state index contributed by atoms with van der Waals surface area (Å²) in [6, 6.07) is 4.41. The number of benzene rings is 2. The highest BCUT2D eigenvalue weighted by atomic mass is 32.2. The summed E-state index contributed by atoms with van der Waals surface area (Å²) < 4.78 is 90.2. The summed E-state index contributed by atoms with van der Waals surface area (Å²) in [5.74, 6) is -12.2. The number of halogens is 5. The molecule has 0 aliphatic carbocycles. The lowest BCUT2D eigenvalue weighted by Crippen LogP contribution is -2.22. The number of hydrogen-bond donors (Lipinski definition) is 1. The first-order valence-electron chi connectivity index (χ1n) is 7.74. The molecule has 0 aliphatic rings. The third-order valence-electron chi connectivity index (χ3n) is 3.75. The van der Waals surface area contributed by atoms with Crippen molar-refractivity contribution in [3.05, 3.63) is 63.3 Å². The van der Waals surface area contributed by atoms with E-state index in [1.54, 1.807) is 0 Å². The smallest absolute Gasteiger partial charge is 0.296 e. The number of hydrogen-bond acceptors (Lipinski definition) is 4.